The fourth-order valence-electron chi connectivity index (χ4n) is 2.28. The largest absolute Gasteiger partial charge is 0.352 e. The highest BCUT2D eigenvalue weighted by Gasteiger charge is 2.27. The number of aromatic nitrogens is 3. The molecule has 110 valence electrons. The second kappa shape index (κ2) is 6.05. The van der Waals surface area contributed by atoms with E-state index in [1.165, 1.54) is 18.4 Å². The zero-order chi connectivity index (χ0) is 14.7. The molecule has 6 heteroatoms. The summed E-state index contributed by atoms with van der Waals surface area (Å²) in [6, 6.07) is 5.94. The number of hydrogen-bond donors (Lipinski definition) is 2. The van der Waals surface area contributed by atoms with Crippen molar-refractivity contribution in [2.75, 3.05) is 16.9 Å². The van der Waals surface area contributed by atoms with Crippen LogP contribution in [0.2, 0.25) is 0 Å². The average Bonchev–Trinajstić information content (AvgIpc) is 3.38. The zero-order valence-electron chi connectivity index (χ0n) is 12.2. The van der Waals surface area contributed by atoms with Crippen molar-refractivity contribution >= 4 is 11.6 Å². The Labute approximate surface area is 124 Å². The summed E-state index contributed by atoms with van der Waals surface area (Å²) in [5.41, 5.74) is 3.85. The molecule has 1 aliphatic carbocycles. The van der Waals surface area contributed by atoms with E-state index in [0.29, 0.717) is 11.7 Å². The van der Waals surface area contributed by atoms with Gasteiger partial charge >= 0.3 is 0 Å². The van der Waals surface area contributed by atoms with Crippen molar-refractivity contribution in [2.24, 2.45) is 5.84 Å². The summed E-state index contributed by atoms with van der Waals surface area (Å²) < 4.78 is 0. The third-order valence-corrected chi connectivity index (χ3v) is 3.65. The van der Waals surface area contributed by atoms with Crippen LogP contribution in [0, 0.1) is 0 Å². The minimum atomic E-state index is 0.497. The van der Waals surface area contributed by atoms with Gasteiger partial charge in [-0.25, -0.2) is 15.8 Å². The van der Waals surface area contributed by atoms with Crippen molar-refractivity contribution in [1.82, 2.24) is 15.0 Å². The van der Waals surface area contributed by atoms with Gasteiger partial charge in [-0.2, -0.15) is 0 Å². The fraction of sp³-hybridized carbons (Fsp3) is 0.400. The molecule has 21 heavy (non-hydrogen) atoms. The minimum absolute atomic E-state index is 0.497. The number of hydrazine groups is 1. The van der Waals surface area contributed by atoms with E-state index in [1.54, 1.807) is 0 Å². The molecular formula is C15H20N6. The average molecular weight is 284 g/mol. The van der Waals surface area contributed by atoms with Crippen LogP contribution in [0.15, 0.2) is 30.6 Å². The molecule has 6 nitrogen and oxygen atoms in total. The van der Waals surface area contributed by atoms with E-state index in [2.05, 4.69) is 27.2 Å². The highest BCUT2D eigenvalue weighted by molar-refractivity contribution is 5.49. The molecule has 2 aromatic rings. The van der Waals surface area contributed by atoms with Gasteiger partial charge in [-0.15, -0.1) is 0 Å². The molecule has 0 bridgehead atoms. The lowest BCUT2D eigenvalue weighted by Gasteiger charge is -2.23. The van der Waals surface area contributed by atoms with E-state index in [9.17, 15) is 0 Å². The molecule has 1 aliphatic rings. The highest BCUT2D eigenvalue weighted by atomic mass is 15.3. The Balaban J connectivity index is 1.87. The minimum Gasteiger partial charge on any atom is -0.352 e. The van der Waals surface area contributed by atoms with Gasteiger partial charge in [-0.3, -0.25) is 4.98 Å². The quantitative estimate of drug-likeness (QED) is 0.624. The summed E-state index contributed by atoms with van der Waals surface area (Å²) in [6.07, 6.45) is 5.96. The van der Waals surface area contributed by atoms with Gasteiger partial charge in [0.2, 0.25) is 0 Å². The zero-order valence-corrected chi connectivity index (χ0v) is 12.2. The molecule has 2 aromatic heterocycles. The number of pyridine rings is 1. The van der Waals surface area contributed by atoms with Crippen molar-refractivity contribution in [2.45, 2.75) is 32.2 Å². The van der Waals surface area contributed by atoms with Crippen molar-refractivity contribution in [1.29, 1.82) is 0 Å². The van der Waals surface area contributed by atoms with E-state index < -0.39 is 0 Å². The molecule has 0 atom stereocenters. The third kappa shape index (κ3) is 3.28. The molecule has 0 spiro atoms. The van der Waals surface area contributed by atoms with Crippen molar-refractivity contribution in [3.8, 4) is 0 Å². The molecule has 1 saturated carbocycles. The Morgan fingerprint density at radius 2 is 2.05 bits per heavy atom. The van der Waals surface area contributed by atoms with Gasteiger partial charge in [0.15, 0.2) is 0 Å². The number of anilines is 2. The van der Waals surface area contributed by atoms with E-state index in [4.69, 9.17) is 10.8 Å². The Hall–Kier alpha value is -2.21. The van der Waals surface area contributed by atoms with Crippen molar-refractivity contribution < 1.29 is 0 Å². The molecule has 0 amide bonds. The van der Waals surface area contributed by atoms with E-state index in [-0.39, 0.29) is 0 Å². The monoisotopic (exact) mass is 284 g/mol. The summed E-state index contributed by atoms with van der Waals surface area (Å²) in [4.78, 5) is 15.4. The van der Waals surface area contributed by atoms with Gasteiger partial charge in [-0.05, 0) is 37.5 Å². The number of nitrogens with one attached hydrogen (secondary N) is 1. The van der Waals surface area contributed by atoms with E-state index in [0.717, 1.165) is 24.7 Å². The predicted molar refractivity (Wildman–Crippen MR) is 82.8 cm³/mol. The van der Waals surface area contributed by atoms with Crippen molar-refractivity contribution in [3.05, 3.63) is 42.0 Å². The van der Waals surface area contributed by atoms with Crippen LogP contribution in [-0.2, 0) is 6.54 Å². The standard InChI is InChI=1S/C15H20N6/c1-2-21(10-11-5-7-17-8-6-11)14-9-13(20-16)18-15(19-14)12-3-4-12/h5-9,12H,2-4,10,16H2,1H3,(H,18,19,20). The number of nitrogen functional groups attached to an aromatic ring is 1. The summed E-state index contributed by atoms with van der Waals surface area (Å²) in [7, 11) is 0. The molecule has 1 fully saturated rings. The number of nitrogens with zero attached hydrogens (tertiary/aromatic N) is 4. The molecular weight excluding hydrogens is 264 g/mol. The smallest absolute Gasteiger partial charge is 0.145 e. The summed E-state index contributed by atoms with van der Waals surface area (Å²) in [5, 5.41) is 0. The van der Waals surface area contributed by atoms with Gasteiger partial charge in [-0.1, -0.05) is 0 Å². The van der Waals surface area contributed by atoms with Crippen LogP contribution in [0.1, 0.15) is 37.1 Å². The molecule has 3 rings (SSSR count). The normalized spacial score (nSPS) is 14.0. The second-order valence-corrected chi connectivity index (χ2v) is 5.26. The van der Waals surface area contributed by atoms with Gasteiger partial charge in [0.1, 0.15) is 17.5 Å². The third-order valence-electron chi connectivity index (χ3n) is 3.65. The lowest BCUT2D eigenvalue weighted by molar-refractivity contribution is 0.794. The van der Waals surface area contributed by atoms with Crippen LogP contribution in [-0.4, -0.2) is 21.5 Å². The number of rotatable bonds is 6. The highest BCUT2D eigenvalue weighted by Crippen LogP contribution is 2.39. The van der Waals surface area contributed by atoms with Gasteiger partial charge in [0, 0.05) is 37.5 Å². The SMILES string of the molecule is CCN(Cc1ccncc1)c1cc(NN)nc(C2CC2)n1. The first kappa shape index (κ1) is 13.8. The molecule has 3 N–H and O–H groups in total. The lowest BCUT2D eigenvalue weighted by atomic mass is 10.2. The number of hydrogen-bond acceptors (Lipinski definition) is 6. The van der Waals surface area contributed by atoms with Crippen LogP contribution in [0.4, 0.5) is 11.6 Å². The molecule has 0 radical (unpaired) electrons. The van der Waals surface area contributed by atoms with Crippen LogP contribution in [0.25, 0.3) is 0 Å². The summed E-state index contributed by atoms with van der Waals surface area (Å²) in [5.74, 6) is 8.52. The second-order valence-electron chi connectivity index (χ2n) is 5.26. The first-order valence-corrected chi connectivity index (χ1v) is 7.29. The van der Waals surface area contributed by atoms with Gasteiger partial charge in [0.05, 0.1) is 0 Å². The molecule has 0 saturated heterocycles. The van der Waals surface area contributed by atoms with Crippen LogP contribution < -0.4 is 16.2 Å². The molecule has 0 aliphatic heterocycles. The Bertz CT molecular complexity index is 596. The molecule has 2 heterocycles. The number of nitrogens with two attached hydrogens (primary N) is 1. The first-order chi connectivity index (χ1) is 10.3. The maximum atomic E-state index is 5.54. The van der Waals surface area contributed by atoms with Gasteiger partial charge < -0.3 is 10.3 Å². The summed E-state index contributed by atoms with van der Waals surface area (Å²) >= 11 is 0. The molecule has 0 unspecified atom stereocenters. The molecule has 0 aromatic carbocycles. The van der Waals surface area contributed by atoms with Crippen molar-refractivity contribution in [3.63, 3.8) is 0 Å². The fourth-order valence-corrected chi connectivity index (χ4v) is 2.28. The van der Waals surface area contributed by atoms with E-state index in [1.807, 2.05) is 30.6 Å². The maximum absolute atomic E-state index is 5.54. The van der Waals surface area contributed by atoms with Crippen LogP contribution in [0.3, 0.4) is 0 Å². The van der Waals surface area contributed by atoms with Gasteiger partial charge in [0.25, 0.3) is 0 Å². The maximum Gasteiger partial charge on any atom is 0.145 e. The lowest BCUT2D eigenvalue weighted by Crippen LogP contribution is -2.24. The van der Waals surface area contributed by atoms with Crippen LogP contribution in [0.5, 0.6) is 0 Å². The topological polar surface area (TPSA) is 80.0 Å². The van der Waals surface area contributed by atoms with Crippen LogP contribution >= 0.6 is 0 Å². The Kier molecular flexibility index (Phi) is 3.96. The van der Waals surface area contributed by atoms with E-state index >= 15 is 0 Å². The first-order valence-electron chi connectivity index (χ1n) is 7.29. The summed E-state index contributed by atoms with van der Waals surface area (Å²) in [6.45, 7) is 3.78. The predicted octanol–water partition coefficient (Wildman–Crippen LogP) is 2.06. The Morgan fingerprint density at radius 3 is 2.67 bits per heavy atom. The Morgan fingerprint density at radius 1 is 1.29 bits per heavy atom.